The number of halogens is 4. The van der Waals surface area contributed by atoms with E-state index in [9.17, 15) is 18.4 Å². The molecule has 0 aliphatic carbocycles. The Hall–Kier alpha value is -2.36. The normalized spacial score (nSPS) is 17.8. The molecule has 1 atom stereocenters. The van der Waals surface area contributed by atoms with Crippen LogP contribution in [0.5, 0.6) is 5.75 Å². The average Bonchev–Trinajstić information content (AvgIpc) is 2.96. The van der Waals surface area contributed by atoms with Crippen molar-refractivity contribution in [2.75, 3.05) is 11.9 Å². The molecule has 0 aromatic heterocycles. The summed E-state index contributed by atoms with van der Waals surface area (Å²) < 4.78 is 29.7. The molecule has 164 valence electrons. The van der Waals surface area contributed by atoms with E-state index in [1.807, 2.05) is 0 Å². The Morgan fingerprint density at radius 3 is 2.61 bits per heavy atom. The van der Waals surface area contributed by atoms with E-state index in [1.165, 1.54) is 40.9 Å². The van der Waals surface area contributed by atoms with Gasteiger partial charge in [-0.2, -0.15) is 0 Å². The molecular weight excluding hydrogens is 471 g/mol. The summed E-state index contributed by atoms with van der Waals surface area (Å²) in [6, 6.07) is 12.2. The van der Waals surface area contributed by atoms with Crippen LogP contribution >= 0.6 is 35.0 Å². The van der Waals surface area contributed by atoms with Crippen LogP contribution in [0.1, 0.15) is 13.3 Å². The van der Waals surface area contributed by atoms with Crippen molar-refractivity contribution in [1.82, 2.24) is 4.90 Å². The van der Waals surface area contributed by atoms with Crippen molar-refractivity contribution in [3.63, 3.8) is 0 Å². The van der Waals surface area contributed by atoms with Gasteiger partial charge < -0.3 is 10.1 Å². The predicted molar refractivity (Wildman–Crippen MR) is 118 cm³/mol. The maximum Gasteiger partial charge on any atom is 0.487 e. The molecule has 0 spiro atoms. The van der Waals surface area contributed by atoms with Crippen LogP contribution in [0.3, 0.4) is 0 Å². The van der Waals surface area contributed by atoms with Crippen LogP contribution in [0, 0.1) is 0 Å². The first-order valence-electron chi connectivity index (χ1n) is 9.12. The third-order valence-electron chi connectivity index (χ3n) is 4.11. The molecule has 1 fully saturated rings. The fourth-order valence-corrected chi connectivity index (χ4v) is 4.30. The zero-order chi connectivity index (χ0) is 22.6. The number of ether oxygens (including phenoxy) is 1. The molecule has 2 amide bonds. The van der Waals surface area contributed by atoms with E-state index >= 15 is 0 Å². The van der Waals surface area contributed by atoms with Gasteiger partial charge in [-0.05, 0) is 49.4 Å². The number of amidine groups is 1. The highest BCUT2D eigenvalue weighted by Crippen LogP contribution is 2.33. The molecule has 1 aliphatic heterocycles. The van der Waals surface area contributed by atoms with Crippen LogP contribution in [0.25, 0.3) is 0 Å². The van der Waals surface area contributed by atoms with Crippen LogP contribution in [0.15, 0.2) is 53.5 Å². The standard InChI is InChI=1S/C20H17Cl2F2N3O3S/c1-2-27-18(29)16(11-17(28)25-14-5-3-4-12(21)10-14)31-19(27)26-13-6-8-15(9-7-13)30-20(22,23)24/h3-10,16H,2,11H2,1H3,(H,25,28)/t16-/m0/s1. The summed E-state index contributed by atoms with van der Waals surface area (Å²) in [6.45, 7) is 2.17. The summed E-state index contributed by atoms with van der Waals surface area (Å²) >= 11 is 11.8. The van der Waals surface area contributed by atoms with Crippen molar-refractivity contribution in [2.45, 2.75) is 24.2 Å². The predicted octanol–water partition coefficient (Wildman–Crippen LogP) is 5.49. The van der Waals surface area contributed by atoms with Crippen LogP contribution < -0.4 is 10.1 Å². The second-order valence-corrected chi connectivity index (χ2v) is 8.43. The van der Waals surface area contributed by atoms with E-state index < -0.39 is 10.8 Å². The SMILES string of the molecule is CCN1C(=O)[C@H](CC(=O)Nc2cccc(Cl)c2)SC1=Nc1ccc(OC(F)(F)Cl)cc1. The Balaban J connectivity index is 1.68. The van der Waals surface area contributed by atoms with Gasteiger partial charge in [-0.3, -0.25) is 14.5 Å². The maximum atomic E-state index is 12.7. The van der Waals surface area contributed by atoms with Gasteiger partial charge in [0.25, 0.3) is 0 Å². The van der Waals surface area contributed by atoms with Crippen molar-refractivity contribution in [3.05, 3.63) is 53.6 Å². The van der Waals surface area contributed by atoms with Gasteiger partial charge in [0.1, 0.15) is 11.0 Å². The van der Waals surface area contributed by atoms with Gasteiger partial charge in [0.05, 0.1) is 5.69 Å². The van der Waals surface area contributed by atoms with Gasteiger partial charge >= 0.3 is 5.57 Å². The molecule has 3 rings (SSSR count). The first-order valence-corrected chi connectivity index (χ1v) is 10.8. The Morgan fingerprint density at radius 2 is 2.00 bits per heavy atom. The zero-order valence-electron chi connectivity index (χ0n) is 16.1. The van der Waals surface area contributed by atoms with Crippen LogP contribution in [0.4, 0.5) is 20.2 Å². The molecular formula is C20H17Cl2F2N3O3S. The summed E-state index contributed by atoms with van der Waals surface area (Å²) in [5, 5.41) is 3.00. The molecule has 0 saturated carbocycles. The number of anilines is 1. The van der Waals surface area contributed by atoms with E-state index in [-0.39, 0.29) is 24.0 Å². The molecule has 6 nitrogen and oxygen atoms in total. The van der Waals surface area contributed by atoms with Gasteiger partial charge in [0, 0.05) is 35.3 Å². The topological polar surface area (TPSA) is 71.0 Å². The minimum atomic E-state index is -3.81. The van der Waals surface area contributed by atoms with E-state index in [1.54, 1.807) is 31.2 Å². The van der Waals surface area contributed by atoms with Crippen molar-refractivity contribution in [2.24, 2.45) is 4.99 Å². The van der Waals surface area contributed by atoms with Gasteiger partial charge in [-0.25, -0.2) is 4.99 Å². The lowest BCUT2D eigenvalue weighted by atomic mass is 10.2. The van der Waals surface area contributed by atoms with Crippen molar-refractivity contribution < 1.29 is 23.1 Å². The molecule has 1 aliphatic rings. The van der Waals surface area contributed by atoms with Crippen molar-refractivity contribution in [3.8, 4) is 5.75 Å². The molecule has 31 heavy (non-hydrogen) atoms. The Morgan fingerprint density at radius 1 is 1.29 bits per heavy atom. The lowest BCUT2D eigenvalue weighted by Gasteiger charge is -2.13. The van der Waals surface area contributed by atoms with Gasteiger partial charge in [-0.15, -0.1) is 8.78 Å². The number of rotatable bonds is 7. The van der Waals surface area contributed by atoms with E-state index in [0.717, 1.165) is 0 Å². The molecule has 0 unspecified atom stereocenters. The van der Waals surface area contributed by atoms with Gasteiger partial charge in [-0.1, -0.05) is 29.4 Å². The molecule has 1 heterocycles. The minimum absolute atomic E-state index is 0.0386. The molecule has 0 radical (unpaired) electrons. The smallest absolute Gasteiger partial charge is 0.420 e. The summed E-state index contributed by atoms with van der Waals surface area (Å²) in [5.74, 6) is -0.676. The number of hydrogen-bond acceptors (Lipinski definition) is 5. The number of thioether (sulfide) groups is 1. The monoisotopic (exact) mass is 487 g/mol. The highest BCUT2D eigenvalue weighted by atomic mass is 35.5. The first-order chi connectivity index (χ1) is 14.6. The van der Waals surface area contributed by atoms with Crippen LogP contribution in [0.2, 0.25) is 5.02 Å². The lowest BCUT2D eigenvalue weighted by molar-refractivity contribution is -0.128. The Labute approximate surface area is 191 Å². The fourth-order valence-electron chi connectivity index (χ4n) is 2.80. The summed E-state index contributed by atoms with van der Waals surface area (Å²) in [5.41, 5.74) is -2.83. The zero-order valence-corrected chi connectivity index (χ0v) is 18.5. The highest BCUT2D eigenvalue weighted by Gasteiger charge is 2.38. The molecule has 1 N–H and O–H groups in total. The quantitative estimate of drug-likeness (QED) is 0.524. The number of aliphatic imine (C=N–C) groups is 1. The fraction of sp³-hybridized carbons (Fsp3) is 0.250. The largest absolute Gasteiger partial charge is 0.487 e. The number of benzene rings is 2. The Kier molecular flexibility index (Phi) is 7.40. The molecule has 0 bridgehead atoms. The minimum Gasteiger partial charge on any atom is -0.420 e. The first kappa shape index (κ1) is 23.3. The summed E-state index contributed by atoms with van der Waals surface area (Å²) in [6.07, 6.45) is -0.0386. The van der Waals surface area contributed by atoms with E-state index in [0.29, 0.717) is 28.1 Å². The third kappa shape index (κ3) is 6.56. The molecule has 2 aromatic rings. The van der Waals surface area contributed by atoms with Gasteiger partial charge in [0.15, 0.2) is 5.17 Å². The lowest BCUT2D eigenvalue weighted by Crippen LogP contribution is -2.33. The van der Waals surface area contributed by atoms with E-state index in [4.69, 9.17) is 23.2 Å². The molecule has 2 aromatic carbocycles. The number of nitrogens with one attached hydrogen (secondary N) is 1. The second-order valence-electron chi connectivity index (χ2n) is 6.39. The van der Waals surface area contributed by atoms with Crippen LogP contribution in [-0.4, -0.2) is 39.2 Å². The maximum absolute atomic E-state index is 12.7. The number of alkyl halides is 3. The number of carbonyl (C=O) groups is 2. The van der Waals surface area contributed by atoms with Crippen molar-refractivity contribution >= 4 is 63.3 Å². The highest BCUT2D eigenvalue weighted by molar-refractivity contribution is 8.15. The van der Waals surface area contributed by atoms with E-state index in [2.05, 4.69) is 15.0 Å². The summed E-state index contributed by atoms with van der Waals surface area (Å²) in [4.78, 5) is 31.0. The van der Waals surface area contributed by atoms with Crippen LogP contribution in [-0.2, 0) is 9.59 Å². The van der Waals surface area contributed by atoms with Gasteiger partial charge in [0.2, 0.25) is 11.8 Å². The number of amides is 2. The Bertz CT molecular complexity index is 1000. The third-order valence-corrected chi connectivity index (χ3v) is 5.60. The molecule has 11 heteroatoms. The number of hydrogen-bond donors (Lipinski definition) is 1. The van der Waals surface area contributed by atoms with Crippen molar-refractivity contribution in [1.29, 1.82) is 0 Å². The average molecular weight is 488 g/mol. The number of nitrogens with zero attached hydrogens (tertiary/aromatic N) is 2. The summed E-state index contributed by atoms with van der Waals surface area (Å²) in [7, 11) is 0. The second kappa shape index (κ2) is 9.84. The number of carbonyl (C=O) groups excluding carboxylic acids is 2. The molecule has 1 saturated heterocycles.